The molecule has 1 aromatic rings. The van der Waals surface area contributed by atoms with Gasteiger partial charge in [-0.15, -0.1) is 0 Å². The maximum absolute atomic E-state index is 11.6. The molecule has 0 fully saturated rings. The summed E-state index contributed by atoms with van der Waals surface area (Å²) in [5, 5.41) is 23.3. The fourth-order valence-corrected chi connectivity index (χ4v) is 2.61. The third-order valence-corrected chi connectivity index (χ3v) is 3.85. The first-order chi connectivity index (χ1) is 9.25. The lowest BCUT2D eigenvalue weighted by molar-refractivity contribution is -0.387. The maximum Gasteiger partial charge on any atom is 0.288 e. The van der Waals surface area contributed by atoms with E-state index in [2.05, 4.69) is 5.32 Å². The molecule has 0 aliphatic carbocycles. The molecule has 0 saturated heterocycles. The molecule has 0 spiro atoms. The topological polar surface area (TPSA) is 110 Å². The second-order valence-corrected chi connectivity index (χ2v) is 6.52. The molecule has 1 atom stereocenters. The summed E-state index contributed by atoms with van der Waals surface area (Å²) in [6.45, 7) is 2.20. The van der Waals surface area contributed by atoms with Crippen molar-refractivity contribution in [3.05, 3.63) is 28.3 Å². The van der Waals surface area contributed by atoms with Gasteiger partial charge in [-0.05, 0) is 18.6 Å². The van der Waals surface area contributed by atoms with E-state index in [4.69, 9.17) is 0 Å². The van der Waals surface area contributed by atoms with Crippen molar-refractivity contribution in [1.82, 2.24) is 0 Å². The molecule has 0 aliphatic rings. The molecule has 0 aromatic heterocycles. The normalized spacial score (nSPS) is 12.9. The van der Waals surface area contributed by atoms with Crippen molar-refractivity contribution in [2.45, 2.75) is 30.8 Å². The number of nitrogens with zero attached hydrogens (tertiary/aromatic N) is 1. The van der Waals surface area contributed by atoms with Gasteiger partial charge in [0.2, 0.25) is 0 Å². The van der Waals surface area contributed by atoms with E-state index in [0.29, 0.717) is 12.1 Å². The van der Waals surface area contributed by atoms with Gasteiger partial charge in [-0.2, -0.15) is 0 Å². The van der Waals surface area contributed by atoms with E-state index >= 15 is 0 Å². The number of nitrogens with one attached hydrogen (secondary N) is 1. The molecular weight excluding hydrogens is 284 g/mol. The monoisotopic (exact) mass is 302 g/mol. The van der Waals surface area contributed by atoms with E-state index in [9.17, 15) is 23.6 Å². The summed E-state index contributed by atoms with van der Waals surface area (Å²) in [6, 6.07) is 3.78. The molecule has 0 aliphatic heterocycles. The van der Waals surface area contributed by atoms with E-state index in [1.54, 1.807) is 0 Å². The fraction of sp³-hybridized carbons (Fsp3) is 0.500. The highest BCUT2D eigenvalue weighted by Gasteiger charge is 2.22. The van der Waals surface area contributed by atoms with Crippen LogP contribution in [0.25, 0.3) is 0 Å². The zero-order chi connectivity index (χ0) is 15.3. The van der Waals surface area contributed by atoms with Gasteiger partial charge in [0.15, 0.2) is 9.84 Å². The Morgan fingerprint density at radius 3 is 2.60 bits per heavy atom. The Morgan fingerprint density at radius 1 is 1.45 bits per heavy atom. The molecule has 1 rings (SSSR count). The van der Waals surface area contributed by atoms with Gasteiger partial charge >= 0.3 is 0 Å². The van der Waals surface area contributed by atoms with Crippen molar-refractivity contribution < 1.29 is 18.4 Å². The van der Waals surface area contributed by atoms with Crippen LogP contribution in [-0.2, 0) is 9.84 Å². The van der Waals surface area contributed by atoms with Gasteiger partial charge < -0.3 is 10.4 Å². The lowest BCUT2D eigenvalue weighted by Crippen LogP contribution is -2.19. The minimum absolute atomic E-state index is 0.259. The molecule has 2 N–H and O–H groups in total. The van der Waals surface area contributed by atoms with Crippen molar-refractivity contribution in [1.29, 1.82) is 0 Å². The minimum Gasteiger partial charge on any atom is -0.391 e. The Bertz CT molecular complexity index is 586. The summed E-state index contributed by atoms with van der Waals surface area (Å²) in [7, 11) is -3.69. The number of nitro groups is 1. The fourth-order valence-electron chi connectivity index (χ4n) is 1.74. The van der Waals surface area contributed by atoms with E-state index in [-0.39, 0.29) is 11.4 Å². The Morgan fingerprint density at radius 2 is 2.10 bits per heavy atom. The first kappa shape index (κ1) is 16.4. The maximum atomic E-state index is 11.6. The van der Waals surface area contributed by atoms with E-state index < -0.39 is 26.6 Å². The summed E-state index contributed by atoms with van der Waals surface area (Å²) in [5.74, 6) is 0. The van der Waals surface area contributed by atoms with Gasteiger partial charge in [0.1, 0.15) is 4.90 Å². The Hall–Kier alpha value is -1.67. The van der Waals surface area contributed by atoms with Crippen LogP contribution in [0, 0.1) is 10.1 Å². The van der Waals surface area contributed by atoms with Crippen LogP contribution < -0.4 is 5.32 Å². The summed E-state index contributed by atoms with van der Waals surface area (Å²) in [5.41, 5.74) is -0.0293. The minimum atomic E-state index is -3.69. The van der Waals surface area contributed by atoms with Crippen LogP contribution in [0.15, 0.2) is 23.1 Å². The first-order valence-corrected chi connectivity index (χ1v) is 8.05. The van der Waals surface area contributed by atoms with Gasteiger partial charge in [-0.1, -0.05) is 13.3 Å². The summed E-state index contributed by atoms with van der Waals surface area (Å²) in [6.07, 6.45) is 1.83. The number of sulfone groups is 1. The van der Waals surface area contributed by atoms with Crippen molar-refractivity contribution in [3.8, 4) is 0 Å². The number of hydrogen-bond donors (Lipinski definition) is 2. The quantitative estimate of drug-likeness (QED) is 0.584. The molecular formula is C12H18N2O5S. The number of anilines is 1. The van der Waals surface area contributed by atoms with E-state index in [0.717, 1.165) is 18.7 Å². The van der Waals surface area contributed by atoms with Crippen molar-refractivity contribution in [2.24, 2.45) is 0 Å². The molecule has 0 saturated carbocycles. The van der Waals surface area contributed by atoms with Crippen LogP contribution in [0.1, 0.15) is 19.8 Å². The largest absolute Gasteiger partial charge is 0.391 e. The lowest BCUT2D eigenvalue weighted by atomic mass is 10.2. The Kier molecular flexibility index (Phi) is 5.46. The van der Waals surface area contributed by atoms with Crippen molar-refractivity contribution >= 4 is 21.2 Å². The van der Waals surface area contributed by atoms with Crippen LogP contribution in [0.4, 0.5) is 11.4 Å². The predicted molar refractivity (Wildman–Crippen MR) is 75.6 cm³/mol. The number of aliphatic hydroxyl groups is 1. The van der Waals surface area contributed by atoms with Crippen LogP contribution in [0.5, 0.6) is 0 Å². The van der Waals surface area contributed by atoms with Gasteiger partial charge in [0.25, 0.3) is 5.69 Å². The predicted octanol–water partition coefficient (Wildman–Crippen LogP) is 1.57. The standard InChI is InChI=1S/C12H18N2O5S/c1-3-4-10(15)8-13-9-5-6-11(14(16)17)12(7-9)20(2,18)19/h5-7,10,13,15H,3-4,8H2,1-2H3. The second kappa shape index (κ2) is 6.67. The van der Waals surface area contributed by atoms with Gasteiger partial charge in [0.05, 0.1) is 11.0 Å². The lowest BCUT2D eigenvalue weighted by Gasteiger charge is -2.12. The Balaban J connectivity index is 2.99. The highest BCUT2D eigenvalue weighted by Crippen LogP contribution is 2.26. The molecule has 8 heteroatoms. The summed E-state index contributed by atoms with van der Waals surface area (Å²) >= 11 is 0. The molecule has 7 nitrogen and oxygen atoms in total. The zero-order valence-corrected chi connectivity index (χ0v) is 12.2. The molecule has 20 heavy (non-hydrogen) atoms. The number of aliphatic hydroxyl groups excluding tert-OH is 1. The summed E-state index contributed by atoms with van der Waals surface area (Å²) < 4.78 is 23.1. The molecule has 112 valence electrons. The van der Waals surface area contributed by atoms with Crippen LogP contribution in [-0.4, -0.2) is 37.4 Å². The second-order valence-electron chi connectivity index (χ2n) is 4.54. The molecule has 0 radical (unpaired) electrons. The smallest absolute Gasteiger partial charge is 0.288 e. The number of rotatable bonds is 7. The highest BCUT2D eigenvalue weighted by molar-refractivity contribution is 7.90. The van der Waals surface area contributed by atoms with Gasteiger partial charge in [0, 0.05) is 24.6 Å². The average Bonchev–Trinajstić information content (AvgIpc) is 2.35. The van der Waals surface area contributed by atoms with E-state index in [1.807, 2.05) is 6.92 Å². The van der Waals surface area contributed by atoms with Crippen LogP contribution in [0.3, 0.4) is 0 Å². The first-order valence-electron chi connectivity index (χ1n) is 6.16. The van der Waals surface area contributed by atoms with Crippen molar-refractivity contribution in [3.63, 3.8) is 0 Å². The SMILES string of the molecule is CCCC(O)CNc1ccc([N+](=O)[O-])c(S(C)(=O)=O)c1. The third kappa shape index (κ3) is 4.46. The van der Waals surface area contributed by atoms with E-state index in [1.165, 1.54) is 12.1 Å². The number of hydrogen-bond acceptors (Lipinski definition) is 6. The molecule has 0 heterocycles. The molecule has 0 bridgehead atoms. The van der Waals surface area contributed by atoms with Crippen LogP contribution in [0.2, 0.25) is 0 Å². The zero-order valence-electron chi connectivity index (χ0n) is 11.4. The average molecular weight is 302 g/mol. The van der Waals surface area contributed by atoms with Crippen LogP contribution >= 0.6 is 0 Å². The Labute approximate surface area is 117 Å². The van der Waals surface area contributed by atoms with Gasteiger partial charge in [-0.25, -0.2) is 8.42 Å². The molecule has 1 aromatic carbocycles. The third-order valence-electron chi connectivity index (χ3n) is 2.72. The molecule has 0 amide bonds. The highest BCUT2D eigenvalue weighted by atomic mass is 32.2. The van der Waals surface area contributed by atoms with Gasteiger partial charge in [-0.3, -0.25) is 10.1 Å². The summed E-state index contributed by atoms with van der Waals surface area (Å²) in [4.78, 5) is 9.75. The van der Waals surface area contributed by atoms with Crippen molar-refractivity contribution in [2.75, 3.05) is 18.1 Å². The number of benzene rings is 1. The number of nitro benzene ring substituents is 1. The molecule has 1 unspecified atom stereocenters.